The molecule has 9 heteroatoms. The van der Waals surface area contributed by atoms with Gasteiger partial charge in [0, 0.05) is 31.7 Å². The first-order valence-electron chi connectivity index (χ1n) is 8.28. The number of rotatable bonds is 6. The van der Waals surface area contributed by atoms with Crippen molar-refractivity contribution in [2.75, 3.05) is 30.6 Å². The van der Waals surface area contributed by atoms with Gasteiger partial charge in [0.1, 0.15) is 0 Å². The van der Waals surface area contributed by atoms with Crippen LogP contribution in [0.25, 0.3) is 0 Å². The van der Waals surface area contributed by atoms with Crippen molar-refractivity contribution in [1.82, 2.24) is 0 Å². The molecule has 0 aliphatic rings. The summed E-state index contributed by atoms with van der Waals surface area (Å²) in [5.74, 6) is -1.41. The number of nitrogens with zero attached hydrogens (tertiary/aromatic N) is 1. The number of anilines is 2. The third-order valence-electron chi connectivity index (χ3n) is 3.89. The molecular weight excluding hydrogens is 404 g/mol. The lowest BCUT2D eigenvalue weighted by atomic mass is 10.2. The highest BCUT2D eigenvalue weighted by molar-refractivity contribution is 7.90. The second-order valence-electron chi connectivity index (χ2n) is 6.39. The molecule has 1 N–H and O–H groups in total. The SMILES string of the molecule is C[C@@H](OC(=O)c1cc(S(C)(=O)=O)ccc1Cl)C(=O)Nc1ccc(N(C)C)cc1. The fraction of sp³-hybridized carbons (Fsp3) is 0.263. The molecule has 2 aromatic rings. The summed E-state index contributed by atoms with van der Waals surface area (Å²) in [4.78, 5) is 26.5. The average molecular weight is 425 g/mol. The van der Waals surface area contributed by atoms with Gasteiger partial charge in [-0.15, -0.1) is 0 Å². The Morgan fingerprint density at radius 3 is 2.25 bits per heavy atom. The molecule has 0 radical (unpaired) electrons. The van der Waals surface area contributed by atoms with E-state index in [9.17, 15) is 18.0 Å². The topological polar surface area (TPSA) is 92.8 Å². The second kappa shape index (κ2) is 8.62. The zero-order valence-electron chi connectivity index (χ0n) is 15.9. The summed E-state index contributed by atoms with van der Waals surface area (Å²) in [7, 11) is 0.284. The Labute approximate surface area is 169 Å². The van der Waals surface area contributed by atoms with E-state index in [0.29, 0.717) is 5.69 Å². The van der Waals surface area contributed by atoms with Crippen LogP contribution in [0.2, 0.25) is 5.02 Å². The van der Waals surface area contributed by atoms with Crippen LogP contribution in [-0.2, 0) is 19.4 Å². The van der Waals surface area contributed by atoms with Crippen LogP contribution in [0.3, 0.4) is 0 Å². The highest BCUT2D eigenvalue weighted by Gasteiger charge is 2.22. The average Bonchev–Trinajstić information content (AvgIpc) is 2.61. The first-order valence-corrected chi connectivity index (χ1v) is 10.5. The molecule has 0 saturated heterocycles. The smallest absolute Gasteiger partial charge is 0.340 e. The van der Waals surface area contributed by atoms with Gasteiger partial charge in [-0.1, -0.05) is 11.6 Å². The number of carbonyl (C=O) groups is 2. The molecule has 2 rings (SSSR count). The summed E-state index contributed by atoms with van der Waals surface area (Å²) >= 11 is 5.97. The molecule has 0 unspecified atom stereocenters. The van der Waals surface area contributed by atoms with Crippen LogP contribution in [-0.4, -0.2) is 46.7 Å². The lowest BCUT2D eigenvalue weighted by molar-refractivity contribution is -0.123. The van der Waals surface area contributed by atoms with Gasteiger partial charge in [-0.2, -0.15) is 0 Å². The molecule has 0 aliphatic carbocycles. The number of hydrogen-bond acceptors (Lipinski definition) is 6. The molecule has 0 aromatic heterocycles. The number of esters is 1. The third-order valence-corrected chi connectivity index (χ3v) is 5.33. The number of carbonyl (C=O) groups excluding carboxylic acids is 2. The minimum atomic E-state index is -3.52. The van der Waals surface area contributed by atoms with E-state index in [1.165, 1.54) is 19.1 Å². The molecule has 1 atom stereocenters. The molecule has 1 amide bonds. The Morgan fingerprint density at radius 1 is 1.11 bits per heavy atom. The summed E-state index contributed by atoms with van der Waals surface area (Å²) in [6.07, 6.45) is -0.0952. The van der Waals surface area contributed by atoms with Crippen molar-refractivity contribution in [3.63, 3.8) is 0 Å². The highest BCUT2D eigenvalue weighted by atomic mass is 35.5. The largest absolute Gasteiger partial charge is 0.449 e. The molecule has 0 saturated carbocycles. The van der Waals surface area contributed by atoms with E-state index < -0.39 is 27.8 Å². The molecular formula is C19H21ClN2O5S. The summed E-state index contributed by atoms with van der Waals surface area (Å²) in [5, 5.41) is 2.68. The summed E-state index contributed by atoms with van der Waals surface area (Å²) in [5.41, 5.74) is 1.40. The highest BCUT2D eigenvalue weighted by Crippen LogP contribution is 2.22. The van der Waals surface area contributed by atoms with Gasteiger partial charge in [0.25, 0.3) is 5.91 Å². The predicted octanol–water partition coefficient (Wildman–Crippen LogP) is 2.99. The van der Waals surface area contributed by atoms with Crippen LogP contribution in [0.1, 0.15) is 17.3 Å². The molecule has 0 heterocycles. The van der Waals surface area contributed by atoms with Crippen molar-refractivity contribution in [2.24, 2.45) is 0 Å². The van der Waals surface area contributed by atoms with Crippen molar-refractivity contribution in [1.29, 1.82) is 0 Å². The molecule has 150 valence electrons. The molecule has 0 fully saturated rings. The molecule has 0 bridgehead atoms. The van der Waals surface area contributed by atoms with E-state index >= 15 is 0 Å². The first kappa shape index (κ1) is 21.7. The van der Waals surface area contributed by atoms with E-state index in [1.807, 2.05) is 31.1 Å². The Hall–Kier alpha value is -2.58. The number of sulfone groups is 1. The molecule has 2 aromatic carbocycles. The molecule has 0 aliphatic heterocycles. The van der Waals surface area contributed by atoms with Gasteiger partial charge in [0.2, 0.25) is 0 Å². The quantitative estimate of drug-likeness (QED) is 0.716. The van der Waals surface area contributed by atoms with Crippen molar-refractivity contribution in [3.05, 3.63) is 53.1 Å². The fourth-order valence-electron chi connectivity index (χ4n) is 2.26. The fourth-order valence-corrected chi connectivity index (χ4v) is 3.10. The standard InChI is InChI=1S/C19H21ClN2O5S/c1-12(18(23)21-13-5-7-14(8-6-13)22(2)3)27-19(24)16-11-15(28(4,25)26)9-10-17(16)20/h5-12H,1-4H3,(H,21,23)/t12-/m1/s1. The van der Waals surface area contributed by atoms with Crippen molar-refractivity contribution in [2.45, 2.75) is 17.9 Å². The normalized spacial score (nSPS) is 12.2. The van der Waals surface area contributed by atoms with Crippen molar-refractivity contribution >= 4 is 44.7 Å². The van der Waals surface area contributed by atoms with E-state index in [0.717, 1.165) is 18.0 Å². The Bertz CT molecular complexity index is 988. The predicted molar refractivity (Wildman–Crippen MR) is 109 cm³/mol. The Balaban J connectivity index is 2.08. The molecule has 0 spiro atoms. The third kappa shape index (κ3) is 5.46. The van der Waals surface area contributed by atoms with E-state index in [4.69, 9.17) is 16.3 Å². The lowest BCUT2D eigenvalue weighted by Gasteiger charge is -2.16. The minimum Gasteiger partial charge on any atom is -0.449 e. The molecule has 7 nitrogen and oxygen atoms in total. The maximum absolute atomic E-state index is 12.3. The minimum absolute atomic E-state index is 0.0317. The van der Waals surface area contributed by atoms with Gasteiger partial charge in [0.15, 0.2) is 15.9 Å². The maximum Gasteiger partial charge on any atom is 0.340 e. The number of halogens is 1. The Morgan fingerprint density at radius 2 is 1.71 bits per heavy atom. The van der Waals surface area contributed by atoms with Gasteiger partial charge in [-0.25, -0.2) is 13.2 Å². The Kier molecular flexibility index (Phi) is 6.69. The van der Waals surface area contributed by atoms with Crippen LogP contribution in [0.4, 0.5) is 11.4 Å². The maximum atomic E-state index is 12.3. The summed E-state index contributed by atoms with van der Waals surface area (Å²) in [6, 6.07) is 10.9. The summed E-state index contributed by atoms with van der Waals surface area (Å²) < 4.78 is 28.5. The van der Waals surface area contributed by atoms with Gasteiger partial charge in [-0.3, -0.25) is 4.79 Å². The van der Waals surface area contributed by atoms with Gasteiger partial charge < -0.3 is 15.0 Å². The zero-order chi connectivity index (χ0) is 21.1. The van der Waals surface area contributed by atoms with Crippen LogP contribution in [0.5, 0.6) is 0 Å². The number of benzene rings is 2. The van der Waals surface area contributed by atoms with E-state index in [1.54, 1.807) is 12.1 Å². The number of ether oxygens (including phenoxy) is 1. The van der Waals surface area contributed by atoms with Crippen LogP contribution >= 0.6 is 11.6 Å². The van der Waals surface area contributed by atoms with E-state index in [2.05, 4.69) is 5.32 Å². The van der Waals surface area contributed by atoms with Crippen LogP contribution in [0.15, 0.2) is 47.4 Å². The van der Waals surface area contributed by atoms with Gasteiger partial charge in [0.05, 0.1) is 15.5 Å². The van der Waals surface area contributed by atoms with Crippen molar-refractivity contribution in [3.8, 4) is 0 Å². The summed E-state index contributed by atoms with van der Waals surface area (Å²) in [6.45, 7) is 1.41. The zero-order valence-corrected chi connectivity index (χ0v) is 17.5. The van der Waals surface area contributed by atoms with Gasteiger partial charge >= 0.3 is 5.97 Å². The second-order valence-corrected chi connectivity index (χ2v) is 8.81. The van der Waals surface area contributed by atoms with Crippen LogP contribution < -0.4 is 10.2 Å². The van der Waals surface area contributed by atoms with Crippen molar-refractivity contribution < 1.29 is 22.7 Å². The number of amides is 1. The lowest BCUT2D eigenvalue weighted by Crippen LogP contribution is -2.30. The number of hydrogen-bond donors (Lipinski definition) is 1. The first-order chi connectivity index (χ1) is 13.0. The molecule has 28 heavy (non-hydrogen) atoms. The van der Waals surface area contributed by atoms with E-state index in [-0.39, 0.29) is 15.5 Å². The van der Waals surface area contributed by atoms with Crippen LogP contribution in [0, 0.1) is 0 Å². The monoisotopic (exact) mass is 424 g/mol. The number of nitrogens with one attached hydrogen (secondary N) is 1. The van der Waals surface area contributed by atoms with Gasteiger partial charge in [-0.05, 0) is 49.4 Å².